The van der Waals surface area contributed by atoms with E-state index in [0.717, 1.165) is 0 Å². The van der Waals surface area contributed by atoms with Gasteiger partial charge in [0.25, 0.3) is 0 Å². The predicted molar refractivity (Wildman–Crippen MR) is 55.8 cm³/mol. The zero-order valence-corrected chi connectivity index (χ0v) is 10.1. The molecule has 6 nitrogen and oxygen atoms in total. The molecule has 0 saturated carbocycles. The van der Waals surface area contributed by atoms with Gasteiger partial charge in [-0.25, -0.2) is 0 Å². The highest BCUT2D eigenvalue weighted by atomic mass is 16.7. The third kappa shape index (κ3) is 18.5. The zero-order chi connectivity index (χ0) is 13.0. The lowest BCUT2D eigenvalue weighted by Crippen LogP contribution is -2.10. The van der Waals surface area contributed by atoms with Crippen molar-refractivity contribution in [3.05, 3.63) is 0 Å². The van der Waals surface area contributed by atoms with Crippen LogP contribution in [0.25, 0.3) is 0 Å². The number of methoxy groups -OCH3 is 2. The van der Waals surface area contributed by atoms with Crippen LogP contribution in [0.2, 0.25) is 0 Å². The fourth-order valence-corrected chi connectivity index (χ4v) is 0.582. The number of ketones is 2. The van der Waals surface area contributed by atoms with Gasteiger partial charge in [0.05, 0.1) is 0 Å². The summed E-state index contributed by atoms with van der Waals surface area (Å²) in [6, 6.07) is 0. The Morgan fingerprint density at radius 2 is 1.50 bits per heavy atom. The van der Waals surface area contributed by atoms with Crippen LogP contribution in [0.4, 0.5) is 0 Å². The zero-order valence-electron chi connectivity index (χ0n) is 10.1. The van der Waals surface area contributed by atoms with Gasteiger partial charge >= 0.3 is 5.97 Å². The van der Waals surface area contributed by atoms with Crippen molar-refractivity contribution in [3.8, 4) is 0 Å². The summed E-state index contributed by atoms with van der Waals surface area (Å²) in [4.78, 5) is 30.7. The van der Waals surface area contributed by atoms with Gasteiger partial charge in [0, 0.05) is 14.2 Å². The molecule has 0 saturated heterocycles. The number of ether oxygens (including phenoxy) is 3. The third-order valence-electron chi connectivity index (χ3n) is 1.08. The van der Waals surface area contributed by atoms with Crippen LogP contribution in [0.1, 0.15) is 20.3 Å². The molecule has 0 amide bonds. The van der Waals surface area contributed by atoms with E-state index in [1.54, 1.807) is 0 Å². The summed E-state index contributed by atoms with van der Waals surface area (Å²) in [6.45, 7) is 2.96. The molecule has 0 aliphatic rings. The second-order valence-corrected chi connectivity index (χ2v) is 2.94. The van der Waals surface area contributed by atoms with E-state index in [1.165, 1.54) is 28.1 Å². The summed E-state index contributed by atoms with van der Waals surface area (Å²) in [5, 5.41) is 0. The lowest BCUT2D eigenvalue weighted by Gasteiger charge is -1.99. The summed E-state index contributed by atoms with van der Waals surface area (Å²) < 4.78 is 13.3. The summed E-state index contributed by atoms with van der Waals surface area (Å²) >= 11 is 0. The van der Waals surface area contributed by atoms with Gasteiger partial charge in [-0.1, -0.05) is 0 Å². The largest absolute Gasteiger partial charge is 0.438 e. The number of carbonyl (C=O) groups is 3. The first kappa shape index (κ1) is 17.1. The van der Waals surface area contributed by atoms with Crippen LogP contribution >= 0.6 is 0 Å². The first-order valence-corrected chi connectivity index (χ1v) is 4.56. The molecule has 0 heterocycles. The number of carbonyl (C=O) groups excluding carboxylic acids is 3. The molecule has 0 N–H and O–H groups in total. The molecule has 0 bridgehead atoms. The lowest BCUT2D eigenvalue weighted by atomic mass is 10.3. The van der Waals surface area contributed by atoms with Crippen LogP contribution in [0, 0.1) is 0 Å². The average molecular weight is 234 g/mol. The summed E-state index contributed by atoms with van der Waals surface area (Å²) in [6.07, 6.45) is -0.177. The van der Waals surface area contributed by atoms with Crippen molar-refractivity contribution in [1.82, 2.24) is 0 Å². The topological polar surface area (TPSA) is 78.9 Å². The van der Waals surface area contributed by atoms with Crippen LogP contribution < -0.4 is 0 Å². The van der Waals surface area contributed by atoms with Crippen molar-refractivity contribution in [3.63, 3.8) is 0 Å². The Morgan fingerprint density at radius 3 is 1.75 bits per heavy atom. The van der Waals surface area contributed by atoms with Crippen LogP contribution in [0.3, 0.4) is 0 Å². The molecule has 6 heteroatoms. The molecule has 0 aromatic heterocycles. The fraction of sp³-hybridized carbons (Fsp3) is 0.700. The molecular weight excluding hydrogens is 216 g/mol. The number of hydrogen-bond donors (Lipinski definition) is 0. The maximum Gasteiger partial charge on any atom is 0.315 e. The van der Waals surface area contributed by atoms with E-state index < -0.39 is 5.97 Å². The van der Waals surface area contributed by atoms with Crippen LogP contribution in [0.15, 0.2) is 0 Å². The number of esters is 1. The SMILES string of the molecule is COCC(C)=O.COCOC(=O)CC(C)=O. The van der Waals surface area contributed by atoms with Gasteiger partial charge in [0.15, 0.2) is 12.6 Å². The normalized spacial score (nSPS) is 8.75. The second kappa shape index (κ2) is 11.8. The van der Waals surface area contributed by atoms with E-state index in [-0.39, 0.29) is 31.4 Å². The molecule has 0 aromatic carbocycles. The van der Waals surface area contributed by atoms with Gasteiger partial charge < -0.3 is 14.2 Å². The molecular formula is C10H18O6. The van der Waals surface area contributed by atoms with Gasteiger partial charge in [-0.05, 0) is 13.8 Å². The first-order valence-electron chi connectivity index (χ1n) is 4.56. The van der Waals surface area contributed by atoms with E-state index in [2.05, 4.69) is 14.2 Å². The number of Topliss-reactive ketones (excluding diaryl/α,β-unsaturated/α-hetero) is 2. The van der Waals surface area contributed by atoms with E-state index in [4.69, 9.17) is 0 Å². The summed E-state index contributed by atoms with van der Waals surface area (Å²) in [5.41, 5.74) is 0. The molecule has 0 aliphatic heterocycles. The molecule has 0 spiro atoms. The lowest BCUT2D eigenvalue weighted by molar-refractivity contribution is -0.155. The number of rotatable bonds is 6. The Bertz CT molecular complexity index is 223. The minimum Gasteiger partial charge on any atom is -0.438 e. The Kier molecular flexibility index (Phi) is 12.6. The molecule has 0 fully saturated rings. The Labute approximate surface area is 94.9 Å². The Balaban J connectivity index is 0. The smallest absolute Gasteiger partial charge is 0.315 e. The molecule has 0 rings (SSSR count). The third-order valence-corrected chi connectivity index (χ3v) is 1.08. The van der Waals surface area contributed by atoms with Crippen LogP contribution in [0.5, 0.6) is 0 Å². The van der Waals surface area contributed by atoms with E-state index in [9.17, 15) is 14.4 Å². The van der Waals surface area contributed by atoms with E-state index >= 15 is 0 Å². The van der Waals surface area contributed by atoms with Gasteiger partial charge in [-0.2, -0.15) is 0 Å². The van der Waals surface area contributed by atoms with Crippen molar-refractivity contribution in [2.75, 3.05) is 27.6 Å². The second-order valence-electron chi connectivity index (χ2n) is 2.94. The van der Waals surface area contributed by atoms with Gasteiger partial charge in [-0.3, -0.25) is 14.4 Å². The minimum atomic E-state index is -0.547. The molecule has 16 heavy (non-hydrogen) atoms. The first-order chi connectivity index (χ1) is 7.43. The van der Waals surface area contributed by atoms with Crippen molar-refractivity contribution >= 4 is 17.5 Å². The highest BCUT2D eigenvalue weighted by Crippen LogP contribution is 1.86. The van der Waals surface area contributed by atoms with Gasteiger partial charge in [0.2, 0.25) is 0 Å². The molecule has 0 unspecified atom stereocenters. The quantitative estimate of drug-likeness (QED) is 0.374. The van der Waals surface area contributed by atoms with Crippen LogP contribution in [-0.4, -0.2) is 45.2 Å². The van der Waals surface area contributed by atoms with E-state index in [0.29, 0.717) is 0 Å². The Morgan fingerprint density at radius 1 is 0.938 bits per heavy atom. The predicted octanol–water partition coefficient (Wildman–Crippen LogP) is 0.334. The van der Waals surface area contributed by atoms with Gasteiger partial charge in [-0.15, -0.1) is 0 Å². The molecule has 0 aromatic rings. The maximum atomic E-state index is 10.5. The molecule has 94 valence electrons. The van der Waals surface area contributed by atoms with Crippen molar-refractivity contribution in [2.24, 2.45) is 0 Å². The minimum absolute atomic E-state index is 0.0671. The standard InChI is InChI=1S/C6H10O4.C4H8O2/c1-5(7)3-6(8)10-4-9-2;1-4(5)3-6-2/h3-4H2,1-2H3;3H2,1-2H3. The Hall–Kier alpha value is -1.27. The molecule has 0 aliphatic carbocycles. The molecule has 0 radical (unpaired) electrons. The fourth-order valence-electron chi connectivity index (χ4n) is 0.582. The summed E-state index contributed by atoms with van der Waals surface area (Å²) in [5.74, 6) is -0.687. The maximum absolute atomic E-state index is 10.5. The highest BCUT2D eigenvalue weighted by molar-refractivity contribution is 5.94. The molecule has 0 atom stereocenters. The van der Waals surface area contributed by atoms with Crippen LogP contribution in [-0.2, 0) is 28.6 Å². The van der Waals surface area contributed by atoms with Gasteiger partial charge in [0.1, 0.15) is 18.8 Å². The number of hydrogen-bond acceptors (Lipinski definition) is 6. The monoisotopic (exact) mass is 234 g/mol. The summed E-state index contributed by atoms with van der Waals surface area (Å²) in [7, 11) is 2.91. The van der Waals surface area contributed by atoms with Crippen molar-refractivity contribution in [2.45, 2.75) is 20.3 Å². The average Bonchev–Trinajstić information content (AvgIpc) is 2.14. The highest BCUT2D eigenvalue weighted by Gasteiger charge is 2.04. The van der Waals surface area contributed by atoms with Crippen molar-refractivity contribution < 1.29 is 28.6 Å². The van der Waals surface area contributed by atoms with Crippen molar-refractivity contribution in [1.29, 1.82) is 0 Å². The van der Waals surface area contributed by atoms with E-state index in [1.807, 2.05) is 0 Å².